The number of benzene rings is 2. The van der Waals surface area contributed by atoms with Crippen LogP contribution < -0.4 is 0 Å². The third kappa shape index (κ3) is 9.59. The number of halogens is 6. The van der Waals surface area contributed by atoms with Gasteiger partial charge in [0.1, 0.15) is 12.1 Å². The van der Waals surface area contributed by atoms with Crippen molar-refractivity contribution >= 4 is 77.5 Å². The van der Waals surface area contributed by atoms with E-state index in [0.29, 0.717) is 44.8 Å². The highest BCUT2D eigenvalue weighted by Gasteiger charge is 2.43. The number of likely N-dealkylation sites (tertiary alicyclic amines) is 1. The Morgan fingerprint density at radius 1 is 0.870 bits per heavy atom. The Labute approximate surface area is 325 Å². The Morgan fingerprint density at radius 3 is 1.93 bits per heavy atom. The van der Waals surface area contributed by atoms with Crippen LogP contribution >= 0.6 is 31.9 Å². The van der Waals surface area contributed by atoms with E-state index in [2.05, 4.69) is 42.1 Å². The van der Waals surface area contributed by atoms with E-state index in [0.717, 1.165) is 10.2 Å². The fourth-order valence-corrected chi connectivity index (χ4v) is 6.80. The zero-order chi connectivity index (χ0) is 40.2. The van der Waals surface area contributed by atoms with Gasteiger partial charge >= 0.3 is 18.0 Å². The van der Waals surface area contributed by atoms with Crippen molar-refractivity contribution in [2.75, 3.05) is 19.8 Å². The molecule has 1 aliphatic heterocycles. The number of Topliss-reactive ketones (excluding diaryl/α,β-unsaturated/α-hetero) is 1. The molecule has 0 aliphatic carbocycles. The molecule has 0 N–H and O–H groups in total. The van der Waals surface area contributed by atoms with Gasteiger partial charge in [-0.3, -0.25) is 19.2 Å². The lowest BCUT2D eigenvalue weighted by molar-refractivity contribution is -0.152. The summed E-state index contributed by atoms with van der Waals surface area (Å²) in [6.45, 7) is 12.4. The van der Waals surface area contributed by atoms with Crippen molar-refractivity contribution in [1.29, 1.82) is 0 Å². The average Bonchev–Trinajstić information content (AvgIpc) is 3.83. The first kappa shape index (κ1) is 42.7. The fraction of sp³-hybridized carbons (Fsp3) is 0.500. The summed E-state index contributed by atoms with van der Waals surface area (Å²) in [6, 6.07) is 0.221. The number of hydrogen-bond acceptors (Lipinski definition) is 9. The standard InChI is InChI=1S/C23H28BrF2N3O5.C13H13BrF2N2O2/c1-6-33-21(31)18(19(30)16-8-7-9-28(16)22(32)34-23(3,4)5)29-11-14-13(20(25)26)10-15(24)12(2)17(14)27-29;1-3-20-11(19)6-18-5-9-8(13(15)16)4-10(14)7(2)12(9)17-18/h10-11,16,18,20H,6-9H2,1-5H3;4-5,13H,3,6H2,1-2H3/t16-,18?;/m1./s1. The van der Waals surface area contributed by atoms with E-state index in [9.17, 15) is 36.7 Å². The lowest BCUT2D eigenvalue weighted by Gasteiger charge is -2.29. The molecule has 1 aliphatic rings. The van der Waals surface area contributed by atoms with Crippen molar-refractivity contribution in [3.05, 3.63) is 55.7 Å². The molecule has 54 heavy (non-hydrogen) atoms. The molecule has 1 amide bonds. The van der Waals surface area contributed by atoms with Gasteiger partial charge in [0.25, 0.3) is 12.9 Å². The predicted octanol–water partition coefficient (Wildman–Crippen LogP) is 8.73. The molecule has 4 aromatic rings. The van der Waals surface area contributed by atoms with Crippen molar-refractivity contribution in [2.45, 2.75) is 98.4 Å². The predicted molar refractivity (Wildman–Crippen MR) is 198 cm³/mol. The number of amides is 1. The van der Waals surface area contributed by atoms with Crippen LogP contribution in [0.25, 0.3) is 21.8 Å². The molecule has 2 atom stereocenters. The zero-order valence-corrected chi connectivity index (χ0v) is 33.9. The van der Waals surface area contributed by atoms with Gasteiger partial charge in [-0.15, -0.1) is 0 Å². The minimum atomic E-state index is -2.79. The molecule has 2 aromatic heterocycles. The van der Waals surface area contributed by atoms with E-state index in [1.165, 1.54) is 34.1 Å². The molecule has 3 heterocycles. The molecule has 1 unspecified atom stereocenters. The third-order valence-electron chi connectivity index (χ3n) is 8.43. The number of rotatable bonds is 10. The number of ketones is 1. The zero-order valence-electron chi connectivity index (χ0n) is 30.7. The summed E-state index contributed by atoms with van der Waals surface area (Å²) in [6.07, 6.45) is -2.44. The Hall–Kier alpha value is -4.06. The second-order valence-electron chi connectivity index (χ2n) is 13.4. The molecule has 0 spiro atoms. The van der Waals surface area contributed by atoms with Crippen LogP contribution in [0.2, 0.25) is 0 Å². The van der Waals surface area contributed by atoms with Crippen LogP contribution in [0.4, 0.5) is 22.4 Å². The Bertz CT molecular complexity index is 2050. The van der Waals surface area contributed by atoms with Gasteiger partial charge in [0.05, 0.1) is 30.3 Å². The summed E-state index contributed by atoms with van der Waals surface area (Å²) in [7, 11) is 0. The van der Waals surface area contributed by atoms with Crippen LogP contribution in [-0.2, 0) is 35.1 Å². The molecule has 0 radical (unpaired) electrons. The topological polar surface area (TPSA) is 135 Å². The lowest BCUT2D eigenvalue weighted by atomic mass is 10.0. The van der Waals surface area contributed by atoms with Gasteiger partial charge in [-0.25, -0.2) is 31.8 Å². The van der Waals surface area contributed by atoms with E-state index in [4.69, 9.17) is 14.2 Å². The number of aryl methyl sites for hydroxylation is 2. The maximum atomic E-state index is 13.7. The van der Waals surface area contributed by atoms with Gasteiger partial charge in [-0.2, -0.15) is 10.2 Å². The molecule has 18 heteroatoms. The maximum Gasteiger partial charge on any atom is 0.410 e. The van der Waals surface area contributed by atoms with Crippen LogP contribution in [0, 0.1) is 13.8 Å². The minimum Gasteiger partial charge on any atom is -0.465 e. The Balaban J connectivity index is 0.000000276. The average molecular weight is 892 g/mol. The van der Waals surface area contributed by atoms with E-state index in [1.54, 1.807) is 48.5 Å². The summed E-state index contributed by atoms with van der Waals surface area (Å²) in [5.74, 6) is -1.92. The van der Waals surface area contributed by atoms with Gasteiger partial charge < -0.3 is 14.2 Å². The lowest BCUT2D eigenvalue weighted by Crippen LogP contribution is -2.47. The first-order valence-electron chi connectivity index (χ1n) is 17.0. The van der Waals surface area contributed by atoms with Crippen molar-refractivity contribution in [3.8, 4) is 0 Å². The summed E-state index contributed by atoms with van der Waals surface area (Å²) in [5, 5.41) is 9.01. The molecule has 12 nitrogen and oxygen atoms in total. The van der Waals surface area contributed by atoms with Crippen molar-refractivity contribution in [3.63, 3.8) is 0 Å². The van der Waals surface area contributed by atoms with Crippen LogP contribution in [0.1, 0.15) is 88.6 Å². The highest BCUT2D eigenvalue weighted by atomic mass is 79.9. The largest absolute Gasteiger partial charge is 0.465 e. The molecule has 294 valence electrons. The number of alkyl halides is 4. The van der Waals surface area contributed by atoms with Gasteiger partial charge in [0.15, 0.2) is 5.78 Å². The van der Waals surface area contributed by atoms with Gasteiger partial charge in [0, 0.05) is 49.8 Å². The number of carbonyl (C=O) groups excluding carboxylic acids is 4. The van der Waals surface area contributed by atoms with Crippen LogP contribution in [0.15, 0.2) is 33.5 Å². The molecule has 2 aromatic carbocycles. The summed E-state index contributed by atoms with van der Waals surface area (Å²) >= 11 is 6.51. The SMILES string of the molecule is CCOC(=O)C(C(=O)[C@H]1CCCN1C(=O)OC(C)(C)C)n1cc2c(C(F)F)cc(Br)c(C)c2n1.CCOC(=O)Cn1cc2c(C(F)F)cc(Br)c(C)c2n1. The van der Waals surface area contributed by atoms with Crippen LogP contribution in [0.5, 0.6) is 0 Å². The molecular weight excluding hydrogens is 850 g/mol. The van der Waals surface area contributed by atoms with E-state index < -0.39 is 54.4 Å². The number of ether oxygens (including phenoxy) is 3. The molecule has 0 bridgehead atoms. The minimum absolute atomic E-state index is 0.0106. The number of hydrogen-bond donors (Lipinski definition) is 0. The van der Waals surface area contributed by atoms with Gasteiger partial charge in [0.2, 0.25) is 6.04 Å². The number of esters is 2. The third-order valence-corrected chi connectivity index (χ3v) is 10.1. The number of carbonyl (C=O) groups is 4. The van der Waals surface area contributed by atoms with Gasteiger partial charge in [-0.05, 0) is 84.6 Å². The van der Waals surface area contributed by atoms with Crippen molar-refractivity contribution in [2.24, 2.45) is 0 Å². The summed E-state index contributed by atoms with van der Waals surface area (Å²) in [5.41, 5.74) is 0.902. The van der Waals surface area contributed by atoms with E-state index in [-0.39, 0.29) is 41.8 Å². The molecule has 0 saturated carbocycles. The Morgan fingerprint density at radius 2 is 1.41 bits per heavy atom. The van der Waals surface area contributed by atoms with Crippen molar-refractivity contribution in [1.82, 2.24) is 24.5 Å². The highest BCUT2D eigenvalue weighted by Crippen LogP contribution is 2.36. The fourth-order valence-electron chi connectivity index (χ4n) is 5.93. The highest BCUT2D eigenvalue weighted by molar-refractivity contribution is 9.10. The maximum absolute atomic E-state index is 13.7. The van der Waals surface area contributed by atoms with E-state index in [1.807, 2.05) is 0 Å². The van der Waals surface area contributed by atoms with Gasteiger partial charge in [-0.1, -0.05) is 31.9 Å². The first-order valence-corrected chi connectivity index (χ1v) is 18.6. The summed E-state index contributed by atoms with van der Waals surface area (Å²) < 4.78 is 72.3. The van der Waals surface area contributed by atoms with Crippen molar-refractivity contribution < 1.29 is 51.0 Å². The monoisotopic (exact) mass is 889 g/mol. The second kappa shape index (κ2) is 17.6. The second-order valence-corrected chi connectivity index (χ2v) is 15.1. The Kier molecular flexibility index (Phi) is 13.9. The van der Waals surface area contributed by atoms with Crippen LogP contribution in [0.3, 0.4) is 0 Å². The van der Waals surface area contributed by atoms with E-state index >= 15 is 0 Å². The first-order chi connectivity index (χ1) is 25.3. The molecule has 1 fully saturated rings. The molecule has 5 rings (SSSR count). The number of fused-ring (bicyclic) bond motifs is 2. The molecule has 1 saturated heterocycles. The molecular formula is C36H41Br2F4N5O7. The smallest absolute Gasteiger partial charge is 0.410 e. The number of aromatic nitrogens is 4. The number of nitrogens with zero attached hydrogens (tertiary/aromatic N) is 5. The summed E-state index contributed by atoms with van der Waals surface area (Å²) in [4.78, 5) is 51.9. The normalized spacial score (nSPS) is 15.1. The van der Waals surface area contributed by atoms with Crippen LogP contribution in [-0.4, -0.2) is 79.7 Å². The quantitative estimate of drug-likeness (QED) is 0.0663.